The third kappa shape index (κ3) is 4.43. The van der Waals surface area contributed by atoms with Crippen LogP contribution in [0.5, 0.6) is 0 Å². The van der Waals surface area contributed by atoms with Crippen LogP contribution in [0.3, 0.4) is 0 Å². The fourth-order valence-corrected chi connectivity index (χ4v) is 2.75. The lowest BCUT2D eigenvalue weighted by Crippen LogP contribution is -2.36. The second-order valence-corrected chi connectivity index (χ2v) is 5.81. The monoisotopic (exact) mass is 288 g/mol. The predicted octanol–water partition coefficient (Wildman–Crippen LogP) is 3.97. The van der Waals surface area contributed by atoms with Gasteiger partial charge in [-0.05, 0) is 36.2 Å². The molecule has 18 heavy (non-hydrogen) atoms. The van der Waals surface area contributed by atoms with Crippen molar-refractivity contribution in [2.24, 2.45) is 11.7 Å². The Bertz CT molecular complexity index is 360. The number of rotatable bonds is 6. The Morgan fingerprint density at radius 3 is 2.11 bits per heavy atom. The van der Waals surface area contributed by atoms with Crippen molar-refractivity contribution in [2.75, 3.05) is 19.6 Å². The molecule has 0 saturated heterocycles. The molecule has 0 saturated carbocycles. The third-order valence-corrected chi connectivity index (χ3v) is 3.38. The smallest absolute Gasteiger partial charge is 0.0471 e. The predicted molar refractivity (Wildman–Crippen MR) is 80.3 cm³/mol. The molecule has 2 nitrogen and oxygen atoms in total. The fourth-order valence-electron chi connectivity index (χ4n) is 2.21. The maximum absolute atomic E-state index is 6.06. The minimum atomic E-state index is 0.175. The number of hydrogen-bond acceptors (Lipinski definition) is 2. The van der Waals surface area contributed by atoms with Crippen molar-refractivity contribution in [1.82, 2.24) is 4.90 Å². The molecule has 102 valence electrons. The Labute approximate surface area is 120 Å². The highest BCUT2D eigenvalue weighted by Gasteiger charge is 2.19. The number of halogens is 2. The summed E-state index contributed by atoms with van der Waals surface area (Å²) >= 11 is 12.1. The second-order valence-electron chi connectivity index (χ2n) is 4.94. The van der Waals surface area contributed by atoms with Gasteiger partial charge in [0.2, 0.25) is 0 Å². The van der Waals surface area contributed by atoms with Gasteiger partial charge in [-0.2, -0.15) is 0 Å². The van der Waals surface area contributed by atoms with Gasteiger partial charge in [-0.1, -0.05) is 44.0 Å². The molecule has 0 aliphatic rings. The maximum Gasteiger partial charge on any atom is 0.0471 e. The summed E-state index contributed by atoms with van der Waals surface area (Å²) in [4.78, 5) is 2.37. The van der Waals surface area contributed by atoms with E-state index in [1.165, 1.54) is 0 Å². The topological polar surface area (TPSA) is 29.3 Å². The molecule has 0 aliphatic carbocycles. The van der Waals surface area contributed by atoms with Gasteiger partial charge in [0.05, 0.1) is 0 Å². The van der Waals surface area contributed by atoms with E-state index in [4.69, 9.17) is 28.9 Å². The van der Waals surface area contributed by atoms with Gasteiger partial charge in [0.25, 0.3) is 0 Å². The van der Waals surface area contributed by atoms with Gasteiger partial charge in [-0.3, -0.25) is 4.90 Å². The van der Waals surface area contributed by atoms with Crippen molar-refractivity contribution in [3.05, 3.63) is 33.8 Å². The van der Waals surface area contributed by atoms with E-state index in [-0.39, 0.29) is 6.04 Å². The summed E-state index contributed by atoms with van der Waals surface area (Å²) in [5, 5.41) is 1.33. The Morgan fingerprint density at radius 2 is 1.72 bits per heavy atom. The zero-order valence-electron chi connectivity index (χ0n) is 11.3. The van der Waals surface area contributed by atoms with Crippen LogP contribution in [0.1, 0.15) is 32.4 Å². The first-order valence-corrected chi connectivity index (χ1v) is 7.13. The molecule has 2 N–H and O–H groups in total. The summed E-state index contributed by atoms with van der Waals surface area (Å²) in [7, 11) is 0. The summed E-state index contributed by atoms with van der Waals surface area (Å²) in [5.74, 6) is 0.605. The molecule has 0 radical (unpaired) electrons. The van der Waals surface area contributed by atoms with Crippen LogP contribution in [0.4, 0.5) is 0 Å². The van der Waals surface area contributed by atoms with Crippen LogP contribution in [0.2, 0.25) is 10.0 Å². The Balaban J connectivity index is 2.99. The molecule has 0 heterocycles. The maximum atomic E-state index is 6.06. The first kappa shape index (κ1) is 15.8. The molecule has 0 amide bonds. The van der Waals surface area contributed by atoms with E-state index in [9.17, 15) is 0 Å². The molecule has 0 aromatic heterocycles. The summed E-state index contributed by atoms with van der Waals surface area (Å²) in [5.41, 5.74) is 7.02. The van der Waals surface area contributed by atoms with Gasteiger partial charge >= 0.3 is 0 Å². The summed E-state index contributed by atoms with van der Waals surface area (Å²) in [6, 6.07) is 5.83. The number of benzene rings is 1. The van der Waals surface area contributed by atoms with Crippen molar-refractivity contribution in [2.45, 2.75) is 26.8 Å². The summed E-state index contributed by atoms with van der Waals surface area (Å²) in [6.45, 7) is 9.11. The fraction of sp³-hybridized carbons (Fsp3) is 0.571. The molecular weight excluding hydrogens is 267 g/mol. The lowest BCUT2D eigenvalue weighted by Gasteiger charge is -2.31. The van der Waals surface area contributed by atoms with Crippen LogP contribution in [-0.4, -0.2) is 24.5 Å². The first-order valence-electron chi connectivity index (χ1n) is 6.38. The molecule has 1 aromatic rings. The molecule has 0 fully saturated rings. The van der Waals surface area contributed by atoms with Crippen molar-refractivity contribution in [3.8, 4) is 0 Å². The minimum Gasteiger partial charge on any atom is -0.329 e. The van der Waals surface area contributed by atoms with Gasteiger partial charge in [0, 0.05) is 29.2 Å². The van der Waals surface area contributed by atoms with Crippen LogP contribution < -0.4 is 5.73 Å². The van der Waals surface area contributed by atoms with Gasteiger partial charge < -0.3 is 5.73 Å². The van der Waals surface area contributed by atoms with Gasteiger partial charge in [-0.25, -0.2) is 0 Å². The molecule has 1 rings (SSSR count). The highest BCUT2D eigenvalue weighted by molar-refractivity contribution is 6.34. The molecule has 0 spiro atoms. The molecule has 1 aromatic carbocycles. The Hall–Kier alpha value is -0.280. The SMILES string of the molecule is CCN(CC(C)C)C(CN)c1cc(Cl)cc(Cl)c1. The summed E-state index contributed by atoms with van der Waals surface area (Å²) in [6.07, 6.45) is 0. The normalized spacial score (nSPS) is 13.3. The molecule has 0 bridgehead atoms. The summed E-state index contributed by atoms with van der Waals surface area (Å²) < 4.78 is 0. The van der Waals surface area contributed by atoms with Crippen LogP contribution in [-0.2, 0) is 0 Å². The Morgan fingerprint density at radius 1 is 1.17 bits per heavy atom. The quantitative estimate of drug-likeness (QED) is 0.858. The van der Waals surface area contributed by atoms with Crippen LogP contribution >= 0.6 is 23.2 Å². The Kier molecular flexibility index (Phi) is 6.44. The van der Waals surface area contributed by atoms with Crippen LogP contribution in [0.15, 0.2) is 18.2 Å². The largest absolute Gasteiger partial charge is 0.329 e. The van der Waals surface area contributed by atoms with E-state index >= 15 is 0 Å². The highest BCUT2D eigenvalue weighted by Crippen LogP contribution is 2.27. The molecule has 1 unspecified atom stereocenters. The second kappa shape index (κ2) is 7.34. The first-order chi connectivity index (χ1) is 8.47. The van der Waals surface area contributed by atoms with E-state index in [0.29, 0.717) is 22.5 Å². The van der Waals surface area contributed by atoms with Crippen LogP contribution in [0, 0.1) is 5.92 Å². The van der Waals surface area contributed by atoms with Crippen LogP contribution in [0.25, 0.3) is 0 Å². The van der Waals surface area contributed by atoms with Crippen molar-refractivity contribution >= 4 is 23.2 Å². The zero-order chi connectivity index (χ0) is 13.7. The van der Waals surface area contributed by atoms with Crippen molar-refractivity contribution < 1.29 is 0 Å². The average molecular weight is 289 g/mol. The molecular formula is C14H22Cl2N2. The van der Waals surface area contributed by atoms with Gasteiger partial charge in [-0.15, -0.1) is 0 Å². The van der Waals surface area contributed by atoms with E-state index < -0.39 is 0 Å². The van der Waals surface area contributed by atoms with E-state index in [2.05, 4.69) is 25.7 Å². The number of likely N-dealkylation sites (N-methyl/N-ethyl adjacent to an activating group) is 1. The third-order valence-electron chi connectivity index (χ3n) is 2.94. The van der Waals surface area contributed by atoms with Crippen molar-refractivity contribution in [3.63, 3.8) is 0 Å². The zero-order valence-corrected chi connectivity index (χ0v) is 12.8. The van der Waals surface area contributed by atoms with Gasteiger partial charge in [0.1, 0.15) is 0 Å². The number of hydrogen-bond donors (Lipinski definition) is 1. The van der Waals surface area contributed by atoms with Gasteiger partial charge in [0.15, 0.2) is 0 Å². The lowest BCUT2D eigenvalue weighted by atomic mass is 10.0. The van der Waals surface area contributed by atoms with E-state index in [0.717, 1.165) is 18.7 Å². The highest BCUT2D eigenvalue weighted by atomic mass is 35.5. The lowest BCUT2D eigenvalue weighted by molar-refractivity contribution is 0.189. The number of nitrogens with two attached hydrogens (primary N) is 1. The number of nitrogens with zero attached hydrogens (tertiary/aromatic N) is 1. The minimum absolute atomic E-state index is 0.175. The average Bonchev–Trinajstić information content (AvgIpc) is 2.26. The molecule has 1 atom stereocenters. The standard InChI is InChI=1S/C14H22Cl2N2/c1-4-18(9-10(2)3)14(8-17)11-5-12(15)7-13(16)6-11/h5-7,10,14H,4,8-9,17H2,1-3H3. The molecule has 0 aliphatic heterocycles. The molecule has 4 heteroatoms. The van der Waals surface area contributed by atoms with E-state index in [1.807, 2.05) is 12.1 Å². The van der Waals surface area contributed by atoms with E-state index in [1.54, 1.807) is 6.07 Å². The van der Waals surface area contributed by atoms with Crippen molar-refractivity contribution in [1.29, 1.82) is 0 Å².